The SMILES string of the molecule is Fc1cnc(C2(CCNCc3ccccc3OC(F)(F)F)CCOC3(CCCC3)C2)c(Cl)c1. The van der Waals surface area contributed by atoms with Gasteiger partial charge in [0.2, 0.25) is 0 Å². The molecule has 0 radical (unpaired) electrons. The molecule has 4 nitrogen and oxygen atoms in total. The molecule has 1 aromatic heterocycles. The minimum Gasteiger partial charge on any atom is -0.405 e. The van der Waals surface area contributed by atoms with E-state index in [0.29, 0.717) is 42.3 Å². The zero-order valence-electron chi connectivity index (χ0n) is 18.2. The predicted octanol–water partition coefficient (Wildman–Crippen LogP) is 6.31. The lowest BCUT2D eigenvalue weighted by atomic mass is 9.68. The number of alkyl halides is 3. The first-order valence-electron chi connectivity index (χ1n) is 11.2. The molecule has 9 heteroatoms. The van der Waals surface area contributed by atoms with Crippen molar-refractivity contribution in [2.75, 3.05) is 13.2 Å². The summed E-state index contributed by atoms with van der Waals surface area (Å²) < 4.78 is 62.2. The average molecular weight is 487 g/mol. The van der Waals surface area contributed by atoms with E-state index < -0.39 is 17.6 Å². The molecule has 1 atom stereocenters. The molecule has 2 aliphatic rings. The van der Waals surface area contributed by atoms with E-state index in [4.69, 9.17) is 16.3 Å². The Morgan fingerprint density at radius 1 is 1.15 bits per heavy atom. The van der Waals surface area contributed by atoms with Crippen LogP contribution < -0.4 is 10.1 Å². The molecule has 4 rings (SSSR count). The Labute approximate surface area is 195 Å². The van der Waals surface area contributed by atoms with Crippen LogP contribution in [0.2, 0.25) is 5.02 Å². The Morgan fingerprint density at radius 3 is 2.64 bits per heavy atom. The minimum atomic E-state index is -4.75. The molecule has 1 aliphatic carbocycles. The third kappa shape index (κ3) is 5.78. The van der Waals surface area contributed by atoms with E-state index in [2.05, 4.69) is 15.0 Å². The summed E-state index contributed by atoms with van der Waals surface area (Å²) in [6.45, 7) is 1.30. The van der Waals surface area contributed by atoms with Crippen molar-refractivity contribution in [1.82, 2.24) is 10.3 Å². The van der Waals surface area contributed by atoms with Gasteiger partial charge >= 0.3 is 6.36 Å². The van der Waals surface area contributed by atoms with Crippen LogP contribution in [0.5, 0.6) is 5.75 Å². The molecule has 0 bridgehead atoms. The number of ether oxygens (including phenoxy) is 2. The van der Waals surface area contributed by atoms with E-state index in [0.717, 1.165) is 32.1 Å². The zero-order chi connectivity index (χ0) is 23.5. The maximum absolute atomic E-state index is 13.7. The van der Waals surface area contributed by atoms with Crippen molar-refractivity contribution in [3.8, 4) is 5.75 Å². The minimum absolute atomic E-state index is 0.216. The standard InChI is InChI=1S/C24H27ClF4N2O2/c25-19-13-18(26)15-31-21(19)22(10-12-32-23(16-22)7-3-4-8-23)9-11-30-14-17-5-1-2-6-20(17)33-24(27,28)29/h1-2,5-6,13,15,30H,3-4,7-12,14,16H2. The van der Waals surface area contributed by atoms with Gasteiger partial charge in [-0.3, -0.25) is 4.98 Å². The number of para-hydroxylation sites is 1. The summed E-state index contributed by atoms with van der Waals surface area (Å²) in [5.74, 6) is -0.702. The van der Waals surface area contributed by atoms with E-state index in [1.54, 1.807) is 12.1 Å². The number of halogens is 5. The van der Waals surface area contributed by atoms with E-state index in [-0.39, 0.29) is 17.9 Å². The lowest BCUT2D eigenvalue weighted by Crippen LogP contribution is -2.47. The number of pyridine rings is 1. The molecule has 1 aromatic carbocycles. The Kier molecular flexibility index (Phi) is 7.17. The lowest BCUT2D eigenvalue weighted by molar-refractivity contribution is -0.274. The number of nitrogens with zero attached hydrogens (tertiary/aromatic N) is 1. The average Bonchev–Trinajstić information content (AvgIpc) is 3.18. The van der Waals surface area contributed by atoms with Crippen LogP contribution in [0.25, 0.3) is 0 Å². The van der Waals surface area contributed by atoms with Crippen LogP contribution >= 0.6 is 11.6 Å². The molecule has 0 amide bonds. The van der Waals surface area contributed by atoms with Gasteiger partial charge in [0.25, 0.3) is 0 Å². The van der Waals surface area contributed by atoms with Crippen molar-refractivity contribution in [2.24, 2.45) is 0 Å². The summed E-state index contributed by atoms with van der Waals surface area (Å²) in [5.41, 5.74) is 0.469. The van der Waals surface area contributed by atoms with Crippen LogP contribution in [-0.2, 0) is 16.7 Å². The number of benzene rings is 1. The summed E-state index contributed by atoms with van der Waals surface area (Å²) in [4.78, 5) is 4.38. The van der Waals surface area contributed by atoms with Crippen LogP contribution in [0.15, 0.2) is 36.5 Å². The van der Waals surface area contributed by atoms with Crippen LogP contribution in [0.4, 0.5) is 17.6 Å². The molecule has 33 heavy (non-hydrogen) atoms. The van der Waals surface area contributed by atoms with Crippen LogP contribution in [0.3, 0.4) is 0 Å². The van der Waals surface area contributed by atoms with Crippen molar-refractivity contribution in [1.29, 1.82) is 0 Å². The van der Waals surface area contributed by atoms with Crippen molar-refractivity contribution >= 4 is 11.6 Å². The van der Waals surface area contributed by atoms with Gasteiger partial charge < -0.3 is 14.8 Å². The van der Waals surface area contributed by atoms with Gasteiger partial charge in [-0.15, -0.1) is 13.2 Å². The summed E-state index contributed by atoms with van der Waals surface area (Å²) in [7, 11) is 0. The van der Waals surface area contributed by atoms with E-state index >= 15 is 0 Å². The molecule has 1 N–H and O–H groups in total. The number of hydrogen-bond acceptors (Lipinski definition) is 4. The highest BCUT2D eigenvalue weighted by molar-refractivity contribution is 6.31. The second-order valence-corrected chi connectivity index (χ2v) is 9.42. The smallest absolute Gasteiger partial charge is 0.405 e. The van der Waals surface area contributed by atoms with Crippen LogP contribution in [0.1, 0.15) is 56.2 Å². The monoisotopic (exact) mass is 486 g/mol. The quantitative estimate of drug-likeness (QED) is 0.368. The molecule has 2 fully saturated rings. The van der Waals surface area contributed by atoms with Gasteiger partial charge in [-0.1, -0.05) is 42.6 Å². The maximum atomic E-state index is 13.7. The first kappa shape index (κ1) is 24.2. The fourth-order valence-corrected chi connectivity index (χ4v) is 5.68. The summed E-state index contributed by atoms with van der Waals surface area (Å²) in [5, 5.41) is 3.55. The first-order chi connectivity index (χ1) is 15.7. The summed E-state index contributed by atoms with van der Waals surface area (Å²) >= 11 is 6.45. The first-order valence-corrected chi connectivity index (χ1v) is 11.6. The van der Waals surface area contributed by atoms with Gasteiger partial charge in [-0.2, -0.15) is 0 Å². The topological polar surface area (TPSA) is 43.4 Å². The highest BCUT2D eigenvalue weighted by Crippen LogP contribution is 2.50. The molecule has 1 spiro atoms. The summed E-state index contributed by atoms with van der Waals surface area (Å²) in [6, 6.07) is 7.37. The summed E-state index contributed by atoms with van der Waals surface area (Å²) in [6.07, 6.45) is 2.70. The second kappa shape index (κ2) is 9.76. The van der Waals surface area contributed by atoms with Gasteiger partial charge in [-0.05, 0) is 50.8 Å². The number of aromatic nitrogens is 1. The Bertz CT molecular complexity index is 966. The van der Waals surface area contributed by atoms with Gasteiger partial charge in [0.1, 0.15) is 11.6 Å². The van der Waals surface area contributed by atoms with E-state index in [9.17, 15) is 17.6 Å². The molecule has 1 aliphatic heterocycles. The van der Waals surface area contributed by atoms with E-state index in [1.165, 1.54) is 24.4 Å². The third-order valence-electron chi connectivity index (χ3n) is 6.77. The fourth-order valence-electron chi connectivity index (χ4n) is 5.32. The molecule has 1 unspecified atom stereocenters. The van der Waals surface area contributed by atoms with Crippen LogP contribution in [0, 0.1) is 5.82 Å². The molecule has 1 saturated carbocycles. The molecular weight excluding hydrogens is 460 g/mol. The second-order valence-electron chi connectivity index (χ2n) is 9.01. The number of hydrogen-bond donors (Lipinski definition) is 1. The molecule has 1 saturated heterocycles. The predicted molar refractivity (Wildman–Crippen MR) is 117 cm³/mol. The third-order valence-corrected chi connectivity index (χ3v) is 7.06. The fraction of sp³-hybridized carbons (Fsp3) is 0.542. The molecular formula is C24H27ClF4N2O2. The van der Waals surface area contributed by atoms with Crippen LogP contribution in [-0.4, -0.2) is 30.1 Å². The lowest BCUT2D eigenvalue weighted by Gasteiger charge is -2.46. The number of nitrogens with one attached hydrogen (secondary N) is 1. The van der Waals surface area contributed by atoms with Gasteiger partial charge in [0.05, 0.1) is 22.5 Å². The van der Waals surface area contributed by atoms with Gasteiger partial charge in [-0.25, -0.2) is 4.39 Å². The van der Waals surface area contributed by atoms with Crippen molar-refractivity contribution in [2.45, 2.75) is 68.9 Å². The highest BCUT2D eigenvalue weighted by Gasteiger charge is 2.49. The van der Waals surface area contributed by atoms with Crippen molar-refractivity contribution in [3.63, 3.8) is 0 Å². The highest BCUT2D eigenvalue weighted by atomic mass is 35.5. The van der Waals surface area contributed by atoms with E-state index in [1.807, 2.05) is 0 Å². The Balaban J connectivity index is 1.49. The Hall–Kier alpha value is -1.90. The maximum Gasteiger partial charge on any atom is 0.573 e. The zero-order valence-corrected chi connectivity index (χ0v) is 18.9. The molecule has 2 heterocycles. The Morgan fingerprint density at radius 2 is 1.91 bits per heavy atom. The van der Waals surface area contributed by atoms with Gasteiger partial charge in [0, 0.05) is 24.1 Å². The van der Waals surface area contributed by atoms with Gasteiger partial charge in [0.15, 0.2) is 0 Å². The molecule has 2 aromatic rings. The van der Waals surface area contributed by atoms with Crippen molar-refractivity contribution in [3.05, 3.63) is 58.6 Å². The number of rotatable bonds is 7. The normalized spacial score (nSPS) is 22.6. The molecule has 180 valence electrons. The van der Waals surface area contributed by atoms with Crippen molar-refractivity contribution < 1.29 is 27.0 Å². The largest absolute Gasteiger partial charge is 0.573 e.